The van der Waals surface area contributed by atoms with Crippen molar-refractivity contribution in [3.05, 3.63) is 23.9 Å². The smallest absolute Gasteiger partial charge is 0.253 e. The first-order valence-electron chi connectivity index (χ1n) is 7.52. The van der Waals surface area contributed by atoms with Crippen molar-refractivity contribution in [3.63, 3.8) is 0 Å². The summed E-state index contributed by atoms with van der Waals surface area (Å²) < 4.78 is 0. The van der Waals surface area contributed by atoms with Crippen LogP contribution in [0.4, 0.5) is 5.82 Å². The summed E-state index contributed by atoms with van der Waals surface area (Å²) in [7, 11) is 3.88. The second-order valence-corrected chi connectivity index (χ2v) is 5.26. The Labute approximate surface area is 122 Å². The van der Waals surface area contributed by atoms with Crippen LogP contribution in [0.25, 0.3) is 0 Å². The van der Waals surface area contributed by atoms with Crippen LogP contribution in [0.15, 0.2) is 18.3 Å². The second kappa shape index (κ2) is 8.56. The van der Waals surface area contributed by atoms with E-state index in [1.54, 1.807) is 17.2 Å². The van der Waals surface area contributed by atoms with Crippen LogP contribution < -0.4 is 4.90 Å². The van der Waals surface area contributed by atoms with E-state index in [-0.39, 0.29) is 5.91 Å². The predicted molar refractivity (Wildman–Crippen MR) is 84.3 cm³/mol. The zero-order valence-corrected chi connectivity index (χ0v) is 13.2. The summed E-state index contributed by atoms with van der Waals surface area (Å²) in [6.07, 6.45) is 6.14. The van der Waals surface area contributed by atoms with E-state index in [1.807, 2.05) is 20.2 Å². The SMILES string of the molecule is CCCCN(C)C(=O)c1ccnc(N(C)CCCC)c1. The molecule has 0 bridgehead atoms. The Morgan fingerprint density at radius 3 is 2.45 bits per heavy atom. The topological polar surface area (TPSA) is 36.4 Å². The number of hydrogen-bond donors (Lipinski definition) is 0. The van der Waals surface area contributed by atoms with Gasteiger partial charge in [-0.3, -0.25) is 4.79 Å². The van der Waals surface area contributed by atoms with Crippen molar-refractivity contribution in [1.82, 2.24) is 9.88 Å². The van der Waals surface area contributed by atoms with Crippen LogP contribution in [-0.2, 0) is 0 Å². The quantitative estimate of drug-likeness (QED) is 0.732. The molecule has 1 rings (SSSR count). The molecule has 4 nitrogen and oxygen atoms in total. The summed E-state index contributed by atoms with van der Waals surface area (Å²) in [5, 5.41) is 0. The largest absolute Gasteiger partial charge is 0.360 e. The number of nitrogens with zero attached hydrogens (tertiary/aromatic N) is 3. The minimum atomic E-state index is 0.0750. The van der Waals surface area contributed by atoms with Gasteiger partial charge in [0.1, 0.15) is 5.82 Å². The highest BCUT2D eigenvalue weighted by atomic mass is 16.2. The predicted octanol–water partition coefficient (Wildman–Crippen LogP) is 3.19. The van der Waals surface area contributed by atoms with Crippen LogP contribution in [0.1, 0.15) is 49.9 Å². The normalized spacial score (nSPS) is 10.4. The number of amides is 1. The maximum Gasteiger partial charge on any atom is 0.253 e. The number of unbranched alkanes of at least 4 members (excludes halogenated alkanes) is 2. The number of pyridine rings is 1. The van der Waals surface area contributed by atoms with E-state index in [9.17, 15) is 4.79 Å². The van der Waals surface area contributed by atoms with Crippen LogP contribution >= 0.6 is 0 Å². The molecule has 0 aliphatic rings. The molecule has 0 aliphatic heterocycles. The van der Waals surface area contributed by atoms with E-state index in [2.05, 4.69) is 23.7 Å². The van der Waals surface area contributed by atoms with E-state index >= 15 is 0 Å². The molecule has 1 heterocycles. The fraction of sp³-hybridized carbons (Fsp3) is 0.625. The molecule has 0 aromatic carbocycles. The summed E-state index contributed by atoms with van der Waals surface area (Å²) in [4.78, 5) is 20.6. The van der Waals surface area contributed by atoms with Gasteiger partial charge in [0.2, 0.25) is 0 Å². The van der Waals surface area contributed by atoms with Crippen molar-refractivity contribution in [1.29, 1.82) is 0 Å². The van der Waals surface area contributed by atoms with Gasteiger partial charge in [-0.05, 0) is 25.0 Å². The van der Waals surface area contributed by atoms with E-state index in [1.165, 1.54) is 0 Å². The van der Waals surface area contributed by atoms with Crippen molar-refractivity contribution < 1.29 is 4.79 Å². The number of aromatic nitrogens is 1. The summed E-state index contributed by atoms with van der Waals surface area (Å²) in [6.45, 7) is 6.07. The maximum atomic E-state index is 12.3. The highest BCUT2D eigenvalue weighted by Gasteiger charge is 2.13. The summed E-state index contributed by atoms with van der Waals surface area (Å²) in [6, 6.07) is 3.68. The maximum absolute atomic E-state index is 12.3. The number of rotatable bonds is 8. The molecule has 0 saturated heterocycles. The molecule has 0 radical (unpaired) electrons. The van der Waals surface area contributed by atoms with Crippen LogP contribution in [0.5, 0.6) is 0 Å². The average molecular weight is 277 g/mol. The molecule has 0 N–H and O–H groups in total. The van der Waals surface area contributed by atoms with Gasteiger partial charge in [0, 0.05) is 38.9 Å². The standard InChI is InChI=1S/C16H27N3O/c1-5-7-11-18(3)15-13-14(9-10-17-15)16(20)19(4)12-8-6-2/h9-10,13H,5-8,11-12H2,1-4H3. The zero-order chi connectivity index (χ0) is 15.0. The number of hydrogen-bond acceptors (Lipinski definition) is 3. The van der Waals surface area contributed by atoms with Gasteiger partial charge in [-0.15, -0.1) is 0 Å². The van der Waals surface area contributed by atoms with Crippen LogP contribution in [0.3, 0.4) is 0 Å². The van der Waals surface area contributed by atoms with E-state index in [0.29, 0.717) is 0 Å². The van der Waals surface area contributed by atoms with Gasteiger partial charge in [0.05, 0.1) is 0 Å². The molecule has 1 aromatic heterocycles. The third-order valence-corrected chi connectivity index (χ3v) is 3.42. The molecule has 0 spiro atoms. The Morgan fingerprint density at radius 2 is 1.80 bits per heavy atom. The Hall–Kier alpha value is -1.58. The average Bonchev–Trinajstić information content (AvgIpc) is 2.49. The molecule has 1 aromatic rings. The van der Waals surface area contributed by atoms with Gasteiger partial charge < -0.3 is 9.80 Å². The van der Waals surface area contributed by atoms with E-state index in [0.717, 1.165) is 50.2 Å². The van der Waals surface area contributed by atoms with E-state index in [4.69, 9.17) is 0 Å². The van der Waals surface area contributed by atoms with Crippen molar-refractivity contribution in [2.45, 2.75) is 39.5 Å². The van der Waals surface area contributed by atoms with Crippen molar-refractivity contribution in [2.75, 3.05) is 32.1 Å². The molecule has 1 amide bonds. The van der Waals surface area contributed by atoms with Gasteiger partial charge in [0.15, 0.2) is 0 Å². The zero-order valence-electron chi connectivity index (χ0n) is 13.2. The van der Waals surface area contributed by atoms with Gasteiger partial charge in [-0.2, -0.15) is 0 Å². The monoisotopic (exact) mass is 277 g/mol. The lowest BCUT2D eigenvalue weighted by Gasteiger charge is -2.20. The Kier molecular flexibility index (Phi) is 7.05. The fourth-order valence-electron chi connectivity index (χ4n) is 1.99. The van der Waals surface area contributed by atoms with Crippen LogP contribution in [0.2, 0.25) is 0 Å². The highest BCUT2D eigenvalue weighted by molar-refractivity contribution is 5.94. The minimum absolute atomic E-state index is 0.0750. The summed E-state index contributed by atoms with van der Waals surface area (Å²) >= 11 is 0. The third kappa shape index (κ3) is 4.83. The lowest BCUT2D eigenvalue weighted by atomic mass is 10.2. The minimum Gasteiger partial charge on any atom is -0.360 e. The lowest BCUT2D eigenvalue weighted by Crippen LogP contribution is -2.28. The van der Waals surface area contributed by atoms with E-state index < -0.39 is 0 Å². The van der Waals surface area contributed by atoms with Gasteiger partial charge in [0.25, 0.3) is 5.91 Å². The van der Waals surface area contributed by atoms with Crippen LogP contribution in [0, 0.1) is 0 Å². The molecule has 112 valence electrons. The van der Waals surface area contributed by atoms with Gasteiger partial charge in [-0.1, -0.05) is 26.7 Å². The molecule has 0 atom stereocenters. The number of anilines is 1. The number of carbonyl (C=O) groups excluding carboxylic acids is 1. The fourth-order valence-corrected chi connectivity index (χ4v) is 1.99. The Bertz CT molecular complexity index is 420. The highest BCUT2D eigenvalue weighted by Crippen LogP contribution is 2.13. The third-order valence-electron chi connectivity index (χ3n) is 3.42. The lowest BCUT2D eigenvalue weighted by molar-refractivity contribution is 0.0793. The molecular formula is C16H27N3O. The molecule has 0 unspecified atom stereocenters. The first-order chi connectivity index (χ1) is 9.60. The van der Waals surface area contributed by atoms with Gasteiger partial charge in [-0.25, -0.2) is 4.98 Å². The second-order valence-electron chi connectivity index (χ2n) is 5.26. The number of carbonyl (C=O) groups is 1. The first-order valence-corrected chi connectivity index (χ1v) is 7.52. The van der Waals surface area contributed by atoms with Crippen molar-refractivity contribution in [3.8, 4) is 0 Å². The molecule has 0 fully saturated rings. The Morgan fingerprint density at radius 1 is 1.15 bits per heavy atom. The first kappa shape index (κ1) is 16.5. The molecule has 0 aliphatic carbocycles. The molecule has 0 saturated carbocycles. The molecular weight excluding hydrogens is 250 g/mol. The summed E-state index contributed by atoms with van der Waals surface area (Å²) in [5.74, 6) is 0.944. The van der Waals surface area contributed by atoms with Crippen LogP contribution in [-0.4, -0.2) is 43.0 Å². The summed E-state index contributed by atoms with van der Waals surface area (Å²) in [5.41, 5.74) is 0.719. The van der Waals surface area contributed by atoms with Crippen molar-refractivity contribution >= 4 is 11.7 Å². The molecule has 20 heavy (non-hydrogen) atoms. The van der Waals surface area contributed by atoms with Gasteiger partial charge >= 0.3 is 0 Å². The molecule has 4 heteroatoms. The Balaban J connectivity index is 2.73. The van der Waals surface area contributed by atoms with Crippen molar-refractivity contribution in [2.24, 2.45) is 0 Å².